The third kappa shape index (κ3) is 12.2. The Hall–Kier alpha value is -3.90. The number of fused-ring (bicyclic) bond motifs is 2. The zero-order valence-electron chi connectivity index (χ0n) is 40.5. The van der Waals surface area contributed by atoms with Gasteiger partial charge in [-0.1, -0.05) is 139 Å². The minimum atomic E-state index is 0.941. The van der Waals surface area contributed by atoms with E-state index in [1.54, 1.807) is 0 Å². The number of thiophene rings is 4. The molecule has 0 amide bonds. The van der Waals surface area contributed by atoms with Gasteiger partial charge < -0.3 is 0 Å². The highest BCUT2D eigenvalue weighted by Crippen LogP contribution is 2.52. The van der Waals surface area contributed by atoms with Crippen LogP contribution in [0.2, 0.25) is 0 Å². The molecule has 0 fully saturated rings. The Kier molecular flexibility index (Phi) is 17.5. The van der Waals surface area contributed by atoms with Crippen molar-refractivity contribution in [1.82, 2.24) is 8.75 Å². The zero-order chi connectivity index (χ0) is 46.7. The molecular weight excluding hydrogens is 945 g/mol. The Balaban J connectivity index is 0.901. The van der Waals surface area contributed by atoms with Crippen LogP contribution in [0.4, 0.5) is 11.4 Å². The van der Waals surface area contributed by atoms with Crippen molar-refractivity contribution in [3.8, 4) is 39.7 Å². The van der Waals surface area contributed by atoms with Gasteiger partial charge in [0.2, 0.25) is 0 Å². The van der Waals surface area contributed by atoms with Crippen LogP contribution in [0.1, 0.15) is 148 Å². The predicted octanol–water partition coefficient (Wildman–Crippen LogP) is 20.1. The monoisotopic (exact) mass is 1010 g/mol. The van der Waals surface area contributed by atoms with Gasteiger partial charge in [-0.3, -0.25) is 0 Å². The van der Waals surface area contributed by atoms with E-state index in [1.807, 2.05) is 45.3 Å². The van der Waals surface area contributed by atoms with Gasteiger partial charge >= 0.3 is 0 Å². The van der Waals surface area contributed by atoms with Crippen molar-refractivity contribution < 1.29 is 0 Å². The zero-order valence-corrected chi connectivity index (χ0v) is 45.4. The molecule has 0 radical (unpaired) electrons. The average molecular weight is 1010 g/mol. The SMILES string of the molecule is CCCCCCCCCc1ccc(CCc2cc(C)sc2-c2ccc(-c3ccc(-c4sc(-c5c6c(c(C)c7nsnc57)N=S=N6)cc4CCc4ccc(CCCCCCCCC)cc4)s3)s2)cc1. The number of unbranched alkanes of at least 4 members (excludes halogenated alkanes) is 12. The molecule has 5 aromatic heterocycles. The van der Waals surface area contributed by atoms with Crippen molar-refractivity contribution in [3.05, 3.63) is 129 Å². The number of aryl methyl sites for hydroxylation is 8. The van der Waals surface area contributed by atoms with Crippen LogP contribution in [0.3, 0.4) is 0 Å². The first kappa shape index (κ1) is 49.1. The summed E-state index contributed by atoms with van der Waals surface area (Å²) in [6.07, 6.45) is 25.5. The molecule has 3 aromatic carbocycles. The van der Waals surface area contributed by atoms with E-state index in [2.05, 4.69) is 113 Å². The molecule has 9 rings (SSSR count). The lowest BCUT2D eigenvalue weighted by molar-refractivity contribution is 0.589. The van der Waals surface area contributed by atoms with Crippen molar-refractivity contribution in [3.63, 3.8) is 0 Å². The Morgan fingerprint density at radius 2 is 0.853 bits per heavy atom. The van der Waals surface area contributed by atoms with Crippen LogP contribution in [-0.2, 0) is 49.9 Å². The number of hydrogen-bond acceptors (Lipinski definition) is 9. The Morgan fingerprint density at radius 1 is 0.397 bits per heavy atom. The van der Waals surface area contributed by atoms with Gasteiger partial charge in [-0.05, 0) is 135 Å². The fourth-order valence-electron chi connectivity index (χ4n) is 9.62. The van der Waals surface area contributed by atoms with Crippen molar-refractivity contribution in [2.24, 2.45) is 8.73 Å². The molecule has 354 valence electrons. The summed E-state index contributed by atoms with van der Waals surface area (Å²) in [6.45, 7) is 8.95. The van der Waals surface area contributed by atoms with E-state index in [4.69, 9.17) is 17.5 Å². The summed E-state index contributed by atoms with van der Waals surface area (Å²) in [7, 11) is 0. The summed E-state index contributed by atoms with van der Waals surface area (Å²) in [5, 5.41) is 0. The van der Waals surface area contributed by atoms with Gasteiger partial charge in [-0.2, -0.15) is 17.5 Å². The summed E-state index contributed by atoms with van der Waals surface area (Å²) >= 11 is 10.3. The van der Waals surface area contributed by atoms with E-state index >= 15 is 0 Å². The third-order valence-corrected chi connectivity index (χ3v) is 19.7. The van der Waals surface area contributed by atoms with Crippen LogP contribution in [-0.4, -0.2) is 8.75 Å². The second-order valence-electron chi connectivity index (χ2n) is 18.8. The maximum absolute atomic E-state index is 4.85. The Morgan fingerprint density at radius 3 is 1.41 bits per heavy atom. The first-order valence-electron chi connectivity index (χ1n) is 25.4. The highest BCUT2D eigenvalue weighted by molar-refractivity contribution is 7.58. The van der Waals surface area contributed by atoms with E-state index in [9.17, 15) is 0 Å². The molecule has 10 heteroatoms. The third-order valence-electron chi connectivity index (χ3n) is 13.6. The molecule has 0 aliphatic carbocycles. The molecule has 0 saturated carbocycles. The fraction of sp³-hybridized carbons (Fsp3) is 0.414. The van der Waals surface area contributed by atoms with Gasteiger partial charge in [0.1, 0.15) is 22.4 Å². The summed E-state index contributed by atoms with van der Waals surface area (Å²) < 4.78 is 19.2. The molecule has 0 spiro atoms. The molecule has 68 heavy (non-hydrogen) atoms. The smallest absolute Gasteiger partial charge is 0.116 e. The Labute approximate surface area is 429 Å². The summed E-state index contributed by atoms with van der Waals surface area (Å²) in [4.78, 5) is 10.7. The normalized spacial score (nSPS) is 12.2. The van der Waals surface area contributed by atoms with Crippen LogP contribution < -0.4 is 0 Å². The van der Waals surface area contributed by atoms with Crippen LogP contribution in [0.25, 0.3) is 50.7 Å². The van der Waals surface area contributed by atoms with Gasteiger partial charge in [-0.25, -0.2) is 0 Å². The van der Waals surface area contributed by atoms with Crippen molar-refractivity contribution in [1.29, 1.82) is 0 Å². The van der Waals surface area contributed by atoms with E-state index < -0.39 is 0 Å². The van der Waals surface area contributed by atoms with E-state index in [0.29, 0.717) is 0 Å². The number of rotatable bonds is 26. The molecule has 8 aromatic rings. The second-order valence-corrected chi connectivity index (χ2v) is 24.3. The molecular formula is C58H66N4S6. The van der Waals surface area contributed by atoms with Gasteiger partial charge in [0, 0.05) is 50.1 Å². The van der Waals surface area contributed by atoms with Crippen LogP contribution in [0, 0.1) is 13.8 Å². The largest absolute Gasteiger partial charge is 0.173 e. The lowest BCUT2D eigenvalue weighted by Crippen LogP contribution is -1.93. The first-order valence-corrected chi connectivity index (χ1v) is 30.1. The minimum absolute atomic E-state index is 0.941. The van der Waals surface area contributed by atoms with E-state index in [-0.39, 0.29) is 0 Å². The van der Waals surface area contributed by atoms with Gasteiger partial charge in [0.15, 0.2) is 0 Å². The molecule has 1 aliphatic rings. The molecule has 0 unspecified atom stereocenters. The van der Waals surface area contributed by atoms with Gasteiger partial charge in [-0.15, -0.1) is 45.3 Å². The lowest BCUT2D eigenvalue weighted by Gasteiger charge is -2.07. The fourth-order valence-corrected chi connectivity index (χ4v) is 15.5. The number of hydrogen-bond donors (Lipinski definition) is 0. The average Bonchev–Trinajstić information content (AvgIpc) is 4.23. The topological polar surface area (TPSA) is 50.5 Å². The Bertz CT molecular complexity index is 2950. The molecule has 0 saturated heterocycles. The molecule has 4 nitrogen and oxygen atoms in total. The standard InChI is InChI=1S/C58H66N4S6/c1-5-7-9-11-13-15-17-19-41-21-25-43(26-22-41)29-31-45-37-39(3)63-57(45)49-35-33-47(64-49)48-34-36-50(65-48)58-46(32-30-44-27-23-42(24-28-44)20-18-16-14-12-10-8-6-2)38-51(66-58)52-55-53(59-67-61-55)40(4)54-56(52)62-68-60-54/h21-28,33-38H,5-20,29-32H2,1-4H3. The van der Waals surface area contributed by atoms with Gasteiger partial charge in [0.25, 0.3) is 0 Å². The van der Waals surface area contributed by atoms with Crippen LogP contribution in [0.5, 0.6) is 0 Å². The minimum Gasteiger partial charge on any atom is -0.173 e. The number of nitrogens with zero attached hydrogens (tertiary/aromatic N) is 4. The maximum atomic E-state index is 4.85. The highest BCUT2D eigenvalue weighted by Gasteiger charge is 2.26. The molecule has 0 atom stereocenters. The highest BCUT2D eigenvalue weighted by atomic mass is 32.1. The summed E-state index contributed by atoms with van der Waals surface area (Å²) in [5.74, 6) is 0. The summed E-state index contributed by atoms with van der Waals surface area (Å²) in [6, 6.07) is 33.2. The van der Waals surface area contributed by atoms with E-state index in [0.717, 1.165) is 59.2 Å². The van der Waals surface area contributed by atoms with E-state index in [1.165, 1.54) is 198 Å². The molecule has 6 heterocycles. The second kappa shape index (κ2) is 24.3. The number of aromatic nitrogens is 2. The molecule has 1 aliphatic heterocycles. The molecule has 0 N–H and O–H groups in total. The molecule has 0 bridgehead atoms. The van der Waals surface area contributed by atoms with Crippen LogP contribution >= 0.6 is 57.1 Å². The number of benzene rings is 3. The van der Waals surface area contributed by atoms with Crippen LogP contribution in [0.15, 0.2) is 93.7 Å². The van der Waals surface area contributed by atoms with Crippen molar-refractivity contribution in [2.75, 3.05) is 0 Å². The predicted molar refractivity (Wildman–Crippen MR) is 303 cm³/mol. The first-order chi connectivity index (χ1) is 33.4. The van der Waals surface area contributed by atoms with Crippen molar-refractivity contribution in [2.45, 2.75) is 156 Å². The quantitative estimate of drug-likeness (QED) is 0.0508. The van der Waals surface area contributed by atoms with Gasteiger partial charge in [0.05, 0.1) is 23.1 Å². The maximum Gasteiger partial charge on any atom is 0.116 e. The lowest BCUT2D eigenvalue weighted by atomic mass is 9.99. The summed E-state index contributed by atoms with van der Waals surface area (Å²) in [5.41, 5.74) is 14.5. The van der Waals surface area contributed by atoms with Crippen molar-refractivity contribution >= 4 is 90.8 Å².